The van der Waals surface area contributed by atoms with Gasteiger partial charge in [-0.05, 0) is 65.7 Å². The molecule has 0 fully saturated rings. The lowest BCUT2D eigenvalue weighted by molar-refractivity contribution is -0.123. The first kappa shape index (κ1) is 27.1. The van der Waals surface area contributed by atoms with Crippen molar-refractivity contribution in [2.75, 3.05) is 6.61 Å². The normalized spacial score (nSPS) is 10.9. The number of hydrazone groups is 1. The van der Waals surface area contributed by atoms with Gasteiger partial charge in [0.25, 0.3) is 5.91 Å². The van der Waals surface area contributed by atoms with Crippen LogP contribution in [0.5, 0.6) is 17.2 Å². The predicted octanol–water partition coefficient (Wildman–Crippen LogP) is 6.48. The van der Waals surface area contributed by atoms with Gasteiger partial charge in [-0.2, -0.15) is 5.10 Å². The van der Waals surface area contributed by atoms with Gasteiger partial charge in [-0.3, -0.25) is 4.79 Å². The third-order valence-corrected chi connectivity index (χ3v) is 6.25. The fourth-order valence-corrected chi connectivity index (χ4v) is 4.07. The monoisotopic (exact) mass is 544 g/mol. The quantitative estimate of drug-likeness (QED) is 0.0942. The van der Waals surface area contributed by atoms with Gasteiger partial charge in [-0.1, -0.05) is 78.4 Å². The van der Waals surface area contributed by atoms with E-state index in [1.165, 1.54) is 6.21 Å². The fourth-order valence-electron chi connectivity index (χ4n) is 4.07. The van der Waals surface area contributed by atoms with E-state index in [0.717, 1.165) is 21.9 Å². The Morgan fingerprint density at radius 2 is 1.44 bits per heavy atom. The van der Waals surface area contributed by atoms with Gasteiger partial charge in [0, 0.05) is 5.56 Å². The van der Waals surface area contributed by atoms with Crippen LogP contribution in [-0.4, -0.2) is 24.7 Å². The molecule has 0 spiro atoms. The van der Waals surface area contributed by atoms with Crippen molar-refractivity contribution in [3.63, 3.8) is 0 Å². The van der Waals surface area contributed by atoms with Gasteiger partial charge < -0.3 is 14.2 Å². The van der Waals surface area contributed by atoms with E-state index in [1.807, 2.05) is 79.7 Å². The largest absolute Gasteiger partial charge is 0.489 e. The highest BCUT2D eigenvalue weighted by atomic mass is 16.5. The van der Waals surface area contributed by atoms with Crippen LogP contribution in [0.1, 0.15) is 27.0 Å². The summed E-state index contributed by atoms with van der Waals surface area (Å²) in [4.78, 5) is 25.2. The van der Waals surface area contributed by atoms with Gasteiger partial charge in [0.15, 0.2) is 6.61 Å². The summed E-state index contributed by atoms with van der Waals surface area (Å²) in [5.41, 5.74) is 5.60. The molecule has 0 saturated carbocycles. The van der Waals surface area contributed by atoms with Gasteiger partial charge in [-0.25, -0.2) is 10.2 Å². The number of carbonyl (C=O) groups is 2. The Labute approximate surface area is 238 Å². The highest BCUT2D eigenvalue weighted by molar-refractivity contribution is 6.04. The number of hydrogen-bond donors (Lipinski definition) is 1. The summed E-state index contributed by atoms with van der Waals surface area (Å²) in [6.07, 6.45) is 1.47. The maximum absolute atomic E-state index is 12.8. The molecule has 0 saturated heterocycles. The van der Waals surface area contributed by atoms with Crippen molar-refractivity contribution in [1.29, 1.82) is 0 Å². The van der Waals surface area contributed by atoms with E-state index in [2.05, 4.69) is 10.5 Å². The van der Waals surface area contributed by atoms with E-state index in [9.17, 15) is 9.59 Å². The number of ether oxygens (including phenoxy) is 3. The van der Waals surface area contributed by atoms with Crippen LogP contribution in [0.2, 0.25) is 0 Å². The summed E-state index contributed by atoms with van der Waals surface area (Å²) in [6.45, 7) is 2.18. The molecule has 41 heavy (non-hydrogen) atoms. The van der Waals surface area contributed by atoms with E-state index < -0.39 is 11.9 Å². The number of benzene rings is 5. The van der Waals surface area contributed by atoms with E-state index in [-0.39, 0.29) is 6.61 Å². The van der Waals surface area contributed by atoms with Crippen molar-refractivity contribution in [3.05, 3.63) is 138 Å². The van der Waals surface area contributed by atoms with Gasteiger partial charge in [0.05, 0.1) is 11.8 Å². The molecule has 0 heterocycles. The highest BCUT2D eigenvalue weighted by Crippen LogP contribution is 2.27. The molecule has 0 atom stereocenters. The lowest BCUT2D eigenvalue weighted by Gasteiger charge is -2.11. The molecule has 7 heteroatoms. The van der Waals surface area contributed by atoms with Crippen molar-refractivity contribution in [2.45, 2.75) is 13.5 Å². The van der Waals surface area contributed by atoms with E-state index in [1.54, 1.807) is 42.5 Å². The number of nitrogens with one attached hydrogen (secondary N) is 1. The van der Waals surface area contributed by atoms with E-state index in [0.29, 0.717) is 35.0 Å². The molecule has 1 amide bonds. The Kier molecular flexibility index (Phi) is 8.66. The summed E-state index contributed by atoms with van der Waals surface area (Å²) in [6, 6.07) is 35.3. The number of hydrogen-bond acceptors (Lipinski definition) is 6. The summed E-state index contributed by atoms with van der Waals surface area (Å²) in [5.74, 6) is 0.630. The second-order valence-corrected chi connectivity index (χ2v) is 9.28. The molecule has 0 bridgehead atoms. The van der Waals surface area contributed by atoms with Crippen LogP contribution in [0.3, 0.4) is 0 Å². The third-order valence-electron chi connectivity index (χ3n) is 6.25. The molecule has 204 valence electrons. The number of nitrogens with zero attached hydrogens (tertiary/aromatic N) is 1. The maximum atomic E-state index is 12.8. The van der Waals surface area contributed by atoms with Crippen LogP contribution in [0.15, 0.2) is 120 Å². The molecular formula is C34H28N2O5. The van der Waals surface area contributed by atoms with Crippen LogP contribution in [0, 0.1) is 6.92 Å². The summed E-state index contributed by atoms with van der Waals surface area (Å²) >= 11 is 0. The molecule has 5 aromatic rings. The zero-order valence-electron chi connectivity index (χ0n) is 22.4. The molecule has 0 aliphatic heterocycles. The number of amides is 1. The second-order valence-electron chi connectivity index (χ2n) is 9.28. The third kappa shape index (κ3) is 7.36. The Morgan fingerprint density at radius 3 is 2.20 bits per heavy atom. The Bertz CT molecular complexity index is 1660. The van der Waals surface area contributed by atoms with E-state index in [4.69, 9.17) is 14.2 Å². The lowest BCUT2D eigenvalue weighted by atomic mass is 10.0. The fraction of sp³-hybridized carbons (Fsp3) is 0.0882. The van der Waals surface area contributed by atoms with E-state index >= 15 is 0 Å². The predicted molar refractivity (Wildman–Crippen MR) is 159 cm³/mol. The van der Waals surface area contributed by atoms with Gasteiger partial charge in [-0.15, -0.1) is 0 Å². The van der Waals surface area contributed by atoms with Crippen molar-refractivity contribution in [2.24, 2.45) is 5.10 Å². The van der Waals surface area contributed by atoms with Crippen molar-refractivity contribution < 1.29 is 23.8 Å². The summed E-state index contributed by atoms with van der Waals surface area (Å²) in [5, 5.41) is 5.87. The van der Waals surface area contributed by atoms with Crippen LogP contribution < -0.4 is 19.6 Å². The minimum absolute atomic E-state index is 0.230. The standard InChI is InChI=1S/C34H28N2O5/c1-24-11-13-27(14-12-24)34(38)41-32-20-15-26-9-5-6-10-30(26)31(32)21-35-36-33(37)23-40-29-18-16-28(17-19-29)39-22-25-7-3-2-4-8-25/h2-21H,22-23H2,1H3,(H,36,37)/b35-21+. The average molecular weight is 545 g/mol. The topological polar surface area (TPSA) is 86.2 Å². The Morgan fingerprint density at radius 1 is 0.756 bits per heavy atom. The molecule has 0 aliphatic rings. The van der Waals surface area contributed by atoms with Crippen LogP contribution in [0.4, 0.5) is 0 Å². The van der Waals surface area contributed by atoms with Gasteiger partial charge in [0.2, 0.25) is 0 Å². The minimum Gasteiger partial charge on any atom is -0.489 e. The number of aryl methyl sites for hydroxylation is 1. The van der Waals surface area contributed by atoms with Crippen LogP contribution in [0.25, 0.3) is 10.8 Å². The molecule has 0 radical (unpaired) electrons. The van der Waals surface area contributed by atoms with Crippen molar-refractivity contribution >= 4 is 28.9 Å². The minimum atomic E-state index is -0.483. The molecule has 0 unspecified atom stereocenters. The molecule has 0 aliphatic carbocycles. The lowest BCUT2D eigenvalue weighted by Crippen LogP contribution is -2.24. The molecule has 5 rings (SSSR count). The number of esters is 1. The first-order chi connectivity index (χ1) is 20.0. The zero-order valence-corrected chi connectivity index (χ0v) is 22.4. The Hall–Kier alpha value is -5.43. The van der Waals surface area contributed by atoms with Gasteiger partial charge in [0.1, 0.15) is 23.9 Å². The molecule has 1 N–H and O–H groups in total. The summed E-state index contributed by atoms with van der Waals surface area (Å²) < 4.78 is 17.1. The smallest absolute Gasteiger partial charge is 0.343 e. The molecule has 5 aromatic carbocycles. The molecular weight excluding hydrogens is 516 g/mol. The van der Waals surface area contributed by atoms with Crippen molar-refractivity contribution in [1.82, 2.24) is 5.43 Å². The number of fused-ring (bicyclic) bond motifs is 1. The second kappa shape index (κ2) is 13.1. The first-order valence-corrected chi connectivity index (χ1v) is 13.1. The average Bonchev–Trinajstić information content (AvgIpc) is 3.01. The van der Waals surface area contributed by atoms with Gasteiger partial charge >= 0.3 is 5.97 Å². The number of rotatable bonds is 10. The first-order valence-electron chi connectivity index (χ1n) is 13.1. The number of carbonyl (C=O) groups excluding carboxylic acids is 2. The zero-order chi connectivity index (χ0) is 28.4. The Balaban J connectivity index is 1.19. The van der Waals surface area contributed by atoms with Crippen LogP contribution in [-0.2, 0) is 11.4 Å². The van der Waals surface area contributed by atoms with Crippen molar-refractivity contribution in [3.8, 4) is 17.2 Å². The SMILES string of the molecule is Cc1ccc(C(=O)Oc2ccc3ccccc3c2/C=N/NC(=O)COc2ccc(OCc3ccccc3)cc2)cc1. The highest BCUT2D eigenvalue weighted by Gasteiger charge is 2.14. The molecule has 0 aromatic heterocycles. The maximum Gasteiger partial charge on any atom is 0.343 e. The molecule has 7 nitrogen and oxygen atoms in total. The summed E-state index contributed by atoms with van der Waals surface area (Å²) in [7, 11) is 0. The van der Waals surface area contributed by atoms with Crippen LogP contribution >= 0.6 is 0 Å².